The molecule has 0 heterocycles. The number of alkyl halides is 8. The van der Waals surface area contributed by atoms with Crippen LogP contribution in [-0.4, -0.2) is 274 Å². The zero-order valence-electron chi connectivity index (χ0n) is 78.3. The molecule has 8 aromatic rings. The summed E-state index contributed by atoms with van der Waals surface area (Å²) in [5.74, 6) is 0. The van der Waals surface area contributed by atoms with Gasteiger partial charge in [-0.05, 0) is 140 Å². The zero-order valence-corrected chi connectivity index (χ0v) is 95.6. The van der Waals surface area contributed by atoms with Gasteiger partial charge in [0.1, 0.15) is 36.6 Å². The van der Waals surface area contributed by atoms with E-state index in [1.54, 1.807) is 0 Å². The molecule has 0 N–H and O–H groups in total. The molecule has 0 bridgehead atoms. The van der Waals surface area contributed by atoms with Gasteiger partial charge in [0.25, 0.3) is 0 Å². The molecule has 0 radical (unpaired) electrons. The summed E-state index contributed by atoms with van der Waals surface area (Å²) in [6.45, 7) is 11.9. The van der Waals surface area contributed by atoms with Gasteiger partial charge in [-0.1, -0.05) is 375 Å². The maximum Gasteiger partial charge on any atom is 0.105 e. The van der Waals surface area contributed by atoms with E-state index in [0.29, 0.717) is 159 Å². The highest BCUT2D eigenvalue weighted by atomic mass is 127. The molecule has 0 unspecified atom stereocenters. The smallest absolute Gasteiger partial charge is 0.105 e. The second-order valence-electron chi connectivity index (χ2n) is 32.3. The van der Waals surface area contributed by atoms with Crippen LogP contribution in [0.4, 0.5) is 0 Å². The quantitative estimate of drug-likeness (QED) is 0.0198. The van der Waals surface area contributed by atoms with E-state index in [4.69, 9.17) is 99.5 Å². The number of hydrogen-bond acceptors (Lipinski definition) is 21. The monoisotopic (exact) mass is 2770 g/mol. The molecule has 135 heavy (non-hydrogen) atoms. The fourth-order valence-electron chi connectivity index (χ4n) is 13.4. The molecule has 29 heteroatoms. The van der Waals surface area contributed by atoms with Crippen molar-refractivity contribution in [1.82, 2.24) is 0 Å². The van der Waals surface area contributed by atoms with Crippen molar-refractivity contribution in [3.05, 3.63) is 283 Å². The van der Waals surface area contributed by atoms with Gasteiger partial charge in [0.15, 0.2) is 0 Å². The van der Waals surface area contributed by atoms with E-state index < -0.39 is 36.6 Å². The van der Waals surface area contributed by atoms with Gasteiger partial charge >= 0.3 is 0 Å². The van der Waals surface area contributed by atoms with Crippen LogP contribution in [0.1, 0.15) is 89.0 Å². The average Bonchev–Trinajstić information content (AvgIpc) is 0.911. The lowest BCUT2D eigenvalue weighted by molar-refractivity contribution is -0.179. The van der Waals surface area contributed by atoms with Crippen LogP contribution in [-0.2, 0) is 186 Å². The number of rotatable bonds is 86. The first kappa shape index (κ1) is 119. The summed E-state index contributed by atoms with van der Waals surface area (Å²) < 4.78 is 144. The average molecular weight is 2770 g/mol. The molecule has 0 amide bonds. The lowest BCUT2D eigenvalue weighted by Crippen LogP contribution is -2.42. The summed E-state index contributed by atoms with van der Waals surface area (Å²) in [4.78, 5) is 0. The minimum atomic E-state index is -0.776. The maximum absolute atomic E-state index is 7.42. The van der Waals surface area contributed by atoms with Crippen LogP contribution >= 0.6 is 181 Å². The van der Waals surface area contributed by atoms with Crippen LogP contribution in [0.3, 0.4) is 0 Å². The van der Waals surface area contributed by atoms with Gasteiger partial charge in [-0.2, -0.15) is 0 Å². The highest BCUT2D eigenvalue weighted by Crippen LogP contribution is 2.20. The van der Waals surface area contributed by atoms with Crippen LogP contribution in [0.2, 0.25) is 0 Å². The number of hydrogen-bond donors (Lipinski definition) is 0. The summed E-state index contributed by atoms with van der Waals surface area (Å²) in [6.07, 6.45) is 2.48. The molecule has 0 atom stereocenters. The standard InChI is InChI=1S/C106H142I8O21/c107-65-93-17-1-85(2-18-93)33-41-115-49-57-123-73-101(74-124-58-50-116-42-34-86-3-19-94(66-108)20-4-86)131-81-105(82-132-102(75-125-59-51-117-43-35-87-5-21-95(67-109)22-6-87)76-126-60-52-118-44-36-88-7-23-96(68-110)24-8-88)135-106(83-133-103(77-127-61-53-119-45-37-89-9-25-97(69-111)26-10-89)78-128-62-54-120-46-38-90-11-27-98(70-112)28-12-90)84-134-104(79-129-63-55-121-47-39-91-13-29-99(71-113)30-14-91)80-130-64-56-122-48-40-92-15-31-100(72-114)32-16-92/h1-32,101-106H,33-84H2. The van der Waals surface area contributed by atoms with Crippen LogP contribution in [0, 0.1) is 0 Å². The Bertz CT molecular complexity index is 3350. The second kappa shape index (κ2) is 80.0. The molecule has 0 aliphatic heterocycles. The normalized spacial score (nSPS) is 11.9. The van der Waals surface area contributed by atoms with Gasteiger partial charge in [-0.3, -0.25) is 0 Å². The zero-order chi connectivity index (χ0) is 94.9. The van der Waals surface area contributed by atoms with E-state index in [9.17, 15) is 0 Å². The van der Waals surface area contributed by atoms with E-state index >= 15 is 0 Å². The lowest BCUT2D eigenvalue weighted by Gasteiger charge is -2.30. The Morgan fingerprint density at radius 2 is 0.237 bits per heavy atom. The fourth-order valence-corrected chi connectivity index (χ4v) is 17.5. The first-order chi connectivity index (χ1) is 66.6. The molecule has 0 aromatic heterocycles. The third-order valence-electron chi connectivity index (χ3n) is 21.6. The van der Waals surface area contributed by atoms with Crippen molar-refractivity contribution in [2.75, 3.05) is 238 Å². The van der Waals surface area contributed by atoms with Crippen molar-refractivity contribution >= 4 is 181 Å². The Hall–Kier alpha value is -1.24. The predicted octanol–water partition coefficient (Wildman–Crippen LogP) is 21.0. The van der Waals surface area contributed by atoms with Crippen LogP contribution in [0.15, 0.2) is 194 Å². The fraction of sp³-hybridized carbons (Fsp3) is 0.547. The lowest BCUT2D eigenvalue weighted by atomic mass is 10.1. The third kappa shape index (κ3) is 57.5. The van der Waals surface area contributed by atoms with Crippen molar-refractivity contribution in [3.63, 3.8) is 0 Å². The summed E-state index contributed by atoms with van der Waals surface area (Å²) in [5.41, 5.74) is 20.1. The molecule has 0 saturated heterocycles. The van der Waals surface area contributed by atoms with E-state index in [1.165, 1.54) is 89.0 Å². The predicted molar refractivity (Wildman–Crippen MR) is 604 cm³/mol. The Balaban J connectivity index is 1.04. The van der Waals surface area contributed by atoms with Gasteiger partial charge in [-0.15, -0.1) is 0 Å². The molecular formula is C106H142I8O21. The highest BCUT2D eigenvalue weighted by Gasteiger charge is 2.27. The summed E-state index contributed by atoms with van der Waals surface area (Å²) in [7, 11) is 0. The van der Waals surface area contributed by atoms with Crippen LogP contribution in [0.5, 0.6) is 0 Å². The van der Waals surface area contributed by atoms with Crippen LogP contribution < -0.4 is 0 Å². The van der Waals surface area contributed by atoms with Crippen molar-refractivity contribution in [3.8, 4) is 0 Å². The molecule has 0 spiro atoms. The third-order valence-corrected chi connectivity index (χ3v) is 28.6. The molecule has 0 saturated carbocycles. The molecule has 0 fully saturated rings. The summed E-state index contributed by atoms with van der Waals surface area (Å²) in [6, 6.07) is 69.6. The van der Waals surface area contributed by atoms with Crippen molar-refractivity contribution < 1.29 is 99.5 Å². The highest BCUT2D eigenvalue weighted by molar-refractivity contribution is 14.1. The van der Waals surface area contributed by atoms with E-state index in [0.717, 1.165) is 86.8 Å². The Morgan fingerprint density at radius 1 is 0.126 bits per heavy atom. The van der Waals surface area contributed by atoms with Crippen molar-refractivity contribution in [2.45, 2.75) is 123 Å². The van der Waals surface area contributed by atoms with E-state index in [1.807, 2.05) is 0 Å². The van der Waals surface area contributed by atoms with Gasteiger partial charge in [0.2, 0.25) is 0 Å². The molecule has 8 aromatic carbocycles. The molecule has 0 aliphatic rings. The largest absolute Gasteiger partial charge is 0.379 e. The van der Waals surface area contributed by atoms with Crippen LogP contribution in [0.25, 0.3) is 0 Å². The molecule has 21 nitrogen and oxygen atoms in total. The summed E-state index contributed by atoms with van der Waals surface area (Å²) >= 11 is 19.1. The van der Waals surface area contributed by atoms with E-state index in [2.05, 4.69) is 375 Å². The Morgan fingerprint density at radius 3 is 0.356 bits per heavy atom. The van der Waals surface area contributed by atoms with Gasteiger partial charge < -0.3 is 99.5 Å². The number of ether oxygens (including phenoxy) is 21. The molecular weight excluding hydrogens is 2620 g/mol. The van der Waals surface area contributed by atoms with Gasteiger partial charge in [-0.25, -0.2) is 0 Å². The van der Waals surface area contributed by atoms with Crippen molar-refractivity contribution in [1.29, 1.82) is 0 Å². The molecule has 748 valence electrons. The van der Waals surface area contributed by atoms with E-state index in [-0.39, 0.29) is 79.3 Å². The maximum atomic E-state index is 7.42. The minimum Gasteiger partial charge on any atom is -0.379 e. The molecule has 0 aliphatic carbocycles. The van der Waals surface area contributed by atoms with Crippen molar-refractivity contribution in [2.24, 2.45) is 0 Å². The molecule has 8 rings (SSSR count). The SMILES string of the molecule is ICc1ccc(CCOCCOCC(COCCOCCc2ccc(CI)cc2)OCC(COC(COCCOCCc2ccc(CI)cc2)COCCOCCc2ccc(CI)cc2)OC(COC(COCCOCCc2ccc(CI)cc2)COCCOCCc2ccc(CI)cc2)COC(COCCOCCc2ccc(CI)cc2)COCCOCCc2ccc(CI)cc2)cc1. The van der Waals surface area contributed by atoms with Gasteiger partial charge in [0.05, 0.1) is 238 Å². The number of benzene rings is 8. The topological polar surface area (TPSA) is 194 Å². The first-order valence-corrected chi connectivity index (χ1v) is 59.3. The van der Waals surface area contributed by atoms with Gasteiger partial charge in [0, 0.05) is 35.4 Å². The number of halogens is 8. The first-order valence-electron chi connectivity index (χ1n) is 47.1. The Labute approximate surface area is 913 Å². The Kier molecular flexibility index (Phi) is 70.5. The summed E-state index contributed by atoms with van der Waals surface area (Å²) in [5, 5.41) is 0. The minimum absolute atomic E-state index is 0.0254. The second-order valence-corrected chi connectivity index (χ2v) is 38.4.